The predicted octanol–water partition coefficient (Wildman–Crippen LogP) is 2.87. The van der Waals surface area contributed by atoms with E-state index in [1.165, 1.54) is 24.3 Å². The molecule has 9 heteroatoms. The Labute approximate surface area is 146 Å². The summed E-state index contributed by atoms with van der Waals surface area (Å²) >= 11 is 0.931. The summed E-state index contributed by atoms with van der Waals surface area (Å²) in [6.45, 7) is 1.60. The van der Waals surface area contributed by atoms with Gasteiger partial charge in [0.2, 0.25) is 11.8 Å². The van der Waals surface area contributed by atoms with E-state index in [4.69, 9.17) is 5.73 Å². The number of nitrogens with one attached hydrogen (secondary N) is 1. The number of halogens is 1. The highest BCUT2D eigenvalue weighted by Gasteiger charge is 2.18. The Morgan fingerprint density at radius 3 is 2.60 bits per heavy atom. The zero-order chi connectivity index (χ0) is 18.6. The molecule has 2 aromatic carbocycles. The minimum absolute atomic E-state index is 0.00984. The Bertz CT molecular complexity index is 857. The van der Waals surface area contributed by atoms with Crippen molar-refractivity contribution in [1.29, 1.82) is 0 Å². The number of nitro benzene ring substituents is 1. The Morgan fingerprint density at radius 2 is 2.00 bits per heavy atom. The van der Waals surface area contributed by atoms with Crippen molar-refractivity contribution in [3.63, 3.8) is 0 Å². The van der Waals surface area contributed by atoms with Gasteiger partial charge >= 0.3 is 0 Å². The molecule has 0 unspecified atom stereocenters. The summed E-state index contributed by atoms with van der Waals surface area (Å²) in [5.74, 6) is -1.78. The van der Waals surface area contributed by atoms with Gasteiger partial charge in [-0.2, -0.15) is 0 Å². The minimum Gasteiger partial charge on any atom is -0.366 e. The minimum atomic E-state index is -0.779. The first-order chi connectivity index (χ1) is 11.8. The van der Waals surface area contributed by atoms with Gasteiger partial charge in [0.05, 0.1) is 15.6 Å². The van der Waals surface area contributed by atoms with Gasteiger partial charge in [-0.05, 0) is 36.8 Å². The van der Waals surface area contributed by atoms with Gasteiger partial charge in [-0.25, -0.2) is 4.39 Å². The number of hydrogen-bond donors (Lipinski definition) is 2. The van der Waals surface area contributed by atoms with Gasteiger partial charge in [-0.3, -0.25) is 19.7 Å². The highest BCUT2D eigenvalue weighted by molar-refractivity contribution is 8.00. The van der Waals surface area contributed by atoms with Crippen molar-refractivity contribution in [2.24, 2.45) is 5.73 Å². The number of benzene rings is 2. The fourth-order valence-electron chi connectivity index (χ4n) is 1.95. The lowest BCUT2D eigenvalue weighted by Crippen LogP contribution is -2.14. The van der Waals surface area contributed by atoms with E-state index in [9.17, 15) is 24.1 Å². The summed E-state index contributed by atoms with van der Waals surface area (Å²) in [5, 5.41) is 13.6. The van der Waals surface area contributed by atoms with Crippen LogP contribution in [0.4, 0.5) is 15.8 Å². The van der Waals surface area contributed by atoms with E-state index in [1.807, 2.05) is 0 Å². The second-order valence-electron chi connectivity index (χ2n) is 5.10. The molecular weight excluding hydrogens is 349 g/mol. The SMILES string of the molecule is Cc1ccc(NC(=O)CSc2ccc(C(N)=O)cc2[N+](=O)[O-])cc1F. The summed E-state index contributed by atoms with van der Waals surface area (Å²) in [6.07, 6.45) is 0. The molecule has 0 atom stereocenters. The molecule has 0 fully saturated rings. The first-order valence-electron chi connectivity index (χ1n) is 7.05. The molecule has 0 aromatic heterocycles. The molecule has 0 aliphatic heterocycles. The molecule has 0 saturated heterocycles. The first kappa shape index (κ1) is 18.4. The lowest BCUT2D eigenvalue weighted by atomic mass is 10.2. The molecule has 2 amide bonds. The van der Waals surface area contributed by atoms with E-state index in [-0.39, 0.29) is 21.9 Å². The van der Waals surface area contributed by atoms with Crippen LogP contribution in [0.15, 0.2) is 41.3 Å². The molecule has 0 bridgehead atoms. The molecule has 3 N–H and O–H groups in total. The zero-order valence-corrected chi connectivity index (χ0v) is 13.9. The van der Waals surface area contributed by atoms with Gasteiger partial charge in [-0.1, -0.05) is 6.07 Å². The molecule has 0 radical (unpaired) electrons. The van der Waals surface area contributed by atoms with E-state index >= 15 is 0 Å². The molecular formula is C16H14FN3O4S. The van der Waals surface area contributed by atoms with E-state index < -0.39 is 22.6 Å². The van der Waals surface area contributed by atoms with Crippen LogP contribution in [-0.2, 0) is 4.79 Å². The Balaban J connectivity index is 2.07. The highest BCUT2D eigenvalue weighted by Crippen LogP contribution is 2.30. The molecule has 0 saturated carbocycles. The number of primary amides is 1. The molecule has 2 rings (SSSR count). The topological polar surface area (TPSA) is 115 Å². The number of carbonyl (C=O) groups excluding carboxylic acids is 2. The molecule has 0 heterocycles. The van der Waals surface area contributed by atoms with E-state index in [2.05, 4.69) is 5.32 Å². The normalized spacial score (nSPS) is 10.3. The standard InChI is InChI=1S/C16H14FN3O4S/c1-9-2-4-11(7-12(9)17)19-15(21)8-25-14-5-3-10(16(18)22)6-13(14)20(23)24/h2-7H,8H2,1H3,(H2,18,22)(H,19,21). The fraction of sp³-hybridized carbons (Fsp3) is 0.125. The molecule has 25 heavy (non-hydrogen) atoms. The molecule has 0 spiro atoms. The van der Waals surface area contributed by atoms with E-state index in [0.29, 0.717) is 11.3 Å². The Morgan fingerprint density at radius 1 is 1.28 bits per heavy atom. The average Bonchev–Trinajstić information content (AvgIpc) is 2.56. The predicted molar refractivity (Wildman–Crippen MR) is 92.1 cm³/mol. The van der Waals surface area contributed by atoms with Crippen molar-refractivity contribution in [2.75, 3.05) is 11.1 Å². The quantitative estimate of drug-likeness (QED) is 0.465. The number of thioether (sulfide) groups is 1. The van der Waals surface area contributed by atoms with Crippen LogP contribution in [0.25, 0.3) is 0 Å². The third-order valence-corrected chi connectivity index (χ3v) is 4.32. The third kappa shape index (κ3) is 4.77. The summed E-state index contributed by atoms with van der Waals surface area (Å²) in [7, 11) is 0. The number of amides is 2. The van der Waals surface area contributed by atoms with E-state index in [0.717, 1.165) is 17.8 Å². The number of nitrogens with two attached hydrogens (primary N) is 1. The number of nitro groups is 1. The zero-order valence-electron chi connectivity index (χ0n) is 13.1. The maximum atomic E-state index is 13.5. The maximum absolute atomic E-state index is 13.5. The molecule has 2 aromatic rings. The van der Waals surface area contributed by atoms with Crippen molar-refractivity contribution in [2.45, 2.75) is 11.8 Å². The monoisotopic (exact) mass is 363 g/mol. The fourth-order valence-corrected chi connectivity index (χ4v) is 2.75. The summed E-state index contributed by atoms with van der Waals surface area (Å²) in [5.41, 5.74) is 5.56. The van der Waals surface area contributed by atoms with Crippen LogP contribution in [0.3, 0.4) is 0 Å². The number of carbonyl (C=O) groups is 2. The van der Waals surface area contributed by atoms with Crippen LogP contribution < -0.4 is 11.1 Å². The number of hydrogen-bond acceptors (Lipinski definition) is 5. The second kappa shape index (κ2) is 7.75. The van der Waals surface area contributed by atoms with Gasteiger partial charge in [-0.15, -0.1) is 11.8 Å². The van der Waals surface area contributed by atoms with Gasteiger partial charge in [0, 0.05) is 17.3 Å². The largest absolute Gasteiger partial charge is 0.366 e. The number of rotatable bonds is 6. The maximum Gasteiger partial charge on any atom is 0.283 e. The number of aryl methyl sites for hydroxylation is 1. The molecule has 0 aliphatic rings. The third-order valence-electron chi connectivity index (χ3n) is 3.25. The van der Waals surface area contributed by atoms with Gasteiger partial charge in [0.15, 0.2) is 0 Å². The van der Waals surface area contributed by atoms with Crippen LogP contribution in [0.2, 0.25) is 0 Å². The van der Waals surface area contributed by atoms with Crippen LogP contribution in [-0.4, -0.2) is 22.5 Å². The molecule has 0 aliphatic carbocycles. The van der Waals surface area contributed by atoms with Crippen LogP contribution in [0.1, 0.15) is 15.9 Å². The number of nitrogens with zero attached hydrogens (tertiary/aromatic N) is 1. The molecule has 7 nitrogen and oxygen atoms in total. The summed E-state index contributed by atoms with van der Waals surface area (Å²) in [4.78, 5) is 33.7. The van der Waals surface area contributed by atoms with E-state index in [1.54, 1.807) is 13.0 Å². The first-order valence-corrected chi connectivity index (χ1v) is 8.03. The highest BCUT2D eigenvalue weighted by atomic mass is 32.2. The molecule has 130 valence electrons. The van der Waals surface area contributed by atoms with Crippen LogP contribution in [0, 0.1) is 22.9 Å². The van der Waals surface area contributed by atoms with Crippen molar-refractivity contribution < 1.29 is 18.9 Å². The van der Waals surface area contributed by atoms with Crippen molar-refractivity contribution in [3.8, 4) is 0 Å². The smallest absolute Gasteiger partial charge is 0.283 e. The van der Waals surface area contributed by atoms with Crippen molar-refractivity contribution in [1.82, 2.24) is 0 Å². The average molecular weight is 363 g/mol. The Kier molecular flexibility index (Phi) is 5.71. The van der Waals surface area contributed by atoms with Gasteiger partial charge in [0.25, 0.3) is 5.69 Å². The Hall–Kier alpha value is -2.94. The van der Waals surface area contributed by atoms with Crippen LogP contribution >= 0.6 is 11.8 Å². The van der Waals surface area contributed by atoms with Gasteiger partial charge in [0.1, 0.15) is 5.82 Å². The second-order valence-corrected chi connectivity index (χ2v) is 6.12. The van der Waals surface area contributed by atoms with Gasteiger partial charge < -0.3 is 11.1 Å². The lowest BCUT2D eigenvalue weighted by molar-refractivity contribution is -0.387. The van der Waals surface area contributed by atoms with Crippen molar-refractivity contribution >= 4 is 35.0 Å². The summed E-state index contributed by atoms with van der Waals surface area (Å²) in [6, 6.07) is 8.07. The van der Waals surface area contributed by atoms with Crippen LogP contribution in [0.5, 0.6) is 0 Å². The summed E-state index contributed by atoms with van der Waals surface area (Å²) < 4.78 is 13.5. The lowest BCUT2D eigenvalue weighted by Gasteiger charge is -2.07. The number of anilines is 1. The van der Waals surface area contributed by atoms with Crippen molar-refractivity contribution in [3.05, 3.63) is 63.5 Å².